The van der Waals surface area contributed by atoms with E-state index in [0.29, 0.717) is 22.3 Å². The van der Waals surface area contributed by atoms with Crippen LogP contribution < -0.4 is 4.90 Å². The van der Waals surface area contributed by atoms with Gasteiger partial charge >= 0.3 is 0 Å². The highest BCUT2D eigenvalue weighted by Crippen LogP contribution is 2.34. The average Bonchev–Trinajstić information content (AvgIpc) is 3.49. The lowest BCUT2D eigenvalue weighted by molar-refractivity contribution is 0.0988. The summed E-state index contributed by atoms with van der Waals surface area (Å²) in [6.07, 6.45) is 6.27. The molecule has 0 spiro atoms. The second-order valence-corrected chi connectivity index (χ2v) is 9.07. The first-order valence-corrected chi connectivity index (χ1v) is 11.6. The molecule has 5 rings (SSSR count). The molecule has 0 saturated heterocycles. The first-order valence-electron chi connectivity index (χ1n) is 10.4. The maximum Gasteiger partial charge on any atom is 0.260 e. The van der Waals surface area contributed by atoms with Crippen molar-refractivity contribution in [2.75, 3.05) is 11.4 Å². The Morgan fingerprint density at radius 2 is 1.97 bits per heavy atom. The minimum Gasteiger partial charge on any atom is -0.337 e. The monoisotopic (exact) mass is 460 g/mol. The first kappa shape index (κ1) is 20.7. The molecule has 0 atom stereocenters. The molecule has 2 heterocycles. The van der Waals surface area contributed by atoms with E-state index in [1.807, 2.05) is 72.3 Å². The molecule has 0 N–H and O–H groups in total. The van der Waals surface area contributed by atoms with Crippen LogP contribution in [0.3, 0.4) is 0 Å². The predicted molar refractivity (Wildman–Crippen MR) is 132 cm³/mol. The number of aryl methyl sites for hydroxylation is 2. The van der Waals surface area contributed by atoms with Crippen molar-refractivity contribution < 1.29 is 4.79 Å². The average molecular weight is 461 g/mol. The summed E-state index contributed by atoms with van der Waals surface area (Å²) >= 11 is 7.84. The highest BCUT2D eigenvalue weighted by atomic mass is 35.5. The Labute approximate surface area is 194 Å². The van der Waals surface area contributed by atoms with Crippen molar-refractivity contribution in [1.82, 2.24) is 14.5 Å². The number of nitrogens with zero attached hydrogens (tertiary/aromatic N) is 4. The van der Waals surface area contributed by atoms with E-state index in [1.165, 1.54) is 11.3 Å². The maximum atomic E-state index is 13.8. The first-order chi connectivity index (χ1) is 15.6. The summed E-state index contributed by atoms with van der Waals surface area (Å²) in [5.41, 5.74) is 2.46. The molecular weight excluding hydrogens is 440 g/mol. The molecule has 0 bridgehead atoms. The van der Waals surface area contributed by atoms with Crippen LogP contribution in [-0.4, -0.2) is 27.0 Å². The summed E-state index contributed by atoms with van der Waals surface area (Å²) in [5.74, 6) is -0.0461. The molecule has 0 aliphatic heterocycles. The molecule has 32 heavy (non-hydrogen) atoms. The summed E-state index contributed by atoms with van der Waals surface area (Å²) in [6.45, 7) is 3.28. The smallest absolute Gasteiger partial charge is 0.260 e. The molecule has 0 saturated carbocycles. The quantitative estimate of drug-likeness (QED) is 0.297. The fourth-order valence-corrected chi connectivity index (χ4v) is 5.08. The number of aromatic nitrogens is 3. The largest absolute Gasteiger partial charge is 0.337 e. The Hall–Kier alpha value is -3.22. The van der Waals surface area contributed by atoms with Crippen molar-refractivity contribution in [3.8, 4) is 0 Å². The van der Waals surface area contributed by atoms with Gasteiger partial charge in [-0.1, -0.05) is 59.3 Å². The van der Waals surface area contributed by atoms with E-state index in [0.717, 1.165) is 39.5 Å². The molecule has 5 nitrogen and oxygen atoms in total. The van der Waals surface area contributed by atoms with Gasteiger partial charge in [0, 0.05) is 36.1 Å². The summed E-state index contributed by atoms with van der Waals surface area (Å²) < 4.78 is 3.04. The van der Waals surface area contributed by atoms with E-state index in [2.05, 4.69) is 4.98 Å². The molecule has 0 fully saturated rings. The van der Waals surface area contributed by atoms with Crippen LogP contribution in [0.2, 0.25) is 5.02 Å². The van der Waals surface area contributed by atoms with Crippen molar-refractivity contribution in [2.24, 2.45) is 0 Å². The van der Waals surface area contributed by atoms with Crippen molar-refractivity contribution in [2.45, 2.75) is 19.9 Å². The Balaban J connectivity index is 1.54. The van der Waals surface area contributed by atoms with Gasteiger partial charge in [-0.3, -0.25) is 9.69 Å². The summed E-state index contributed by atoms with van der Waals surface area (Å²) in [7, 11) is 0. The van der Waals surface area contributed by atoms with Crippen LogP contribution in [0.4, 0.5) is 5.13 Å². The van der Waals surface area contributed by atoms with Crippen molar-refractivity contribution in [1.29, 1.82) is 0 Å². The number of benzene rings is 3. The lowest BCUT2D eigenvalue weighted by atomic mass is 10.0. The molecule has 5 aromatic rings. The van der Waals surface area contributed by atoms with Gasteiger partial charge in [0.25, 0.3) is 5.91 Å². The standard InChI is InChI=1S/C25H21ClN4OS/c1-17-21(26)10-11-22-23(17)28-25(32-22)30(14-5-13-29-15-12-27-16-29)24(31)20-9-4-7-18-6-2-3-8-19(18)20/h2-4,6-12,15-16H,5,13-14H2,1H3. The van der Waals surface area contributed by atoms with Gasteiger partial charge in [0.2, 0.25) is 0 Å². The number of thiazole rings is 1. The van der Waals surface area contributed by atoms with Gasteiger partial charge in [0.15, 0.2) is 5.13 Å². The van der Waals surface area contributed by atoms with E-state index in [4.69, 9.17) is 16.6 Å². The topological polar surface area (TPSA) is 51.0 Å². The minimum atomic E-state index is -0.0461. The molecular formula is C25H21ClN4OS. The van der Waals surface area contributed by atoms with Crippen molar-refractivity contribution in [3.63, 3.8) is 0 Å². The molecule has 0 radical (unpaired) electrons. The number of hydrogen-bond donors (Lipinski definition) is 0. The summed E-state index contributed by atoms with van der Waals surface area (Å²) in [6, 6.07) is 17.7. The molecule has 0 aliphatic rings. The zero-order valence-corrected chi connectivity index (χ0v) is 19.1. The molecule has 1 amide bonds. The van der Waals surface area contributed by atoms with E-state index in [-0.39, 0.29) is 5.91 Å². The van der Waals surface area contributed by atoms with Gasteiger partial charge < -0.3 is 4.57 Å². The zero-order chi connectivity index (χ0) is 22.1. The third kappa shape index (κ3) is 3.87. The van der Waals surface area contributed by atoms with Crippen LogP contribution in [0.5, 0.6) is 0 Å². The van der Waals surface area contributed by atoms with Crippen LogP contribution in [-0.2, 0) is 6.54 Å². The fourth-order valence-electron chi connectivity index (χ4n) is 3.88. The Kier molecular flexibility index (Phi) is 5.64. The van der Waals surface area contributed by atoms with Crippen molar-refractivity contribution in [3.05, 3.63) is 89.5 Å². The number of anilines is 1. The predicted octanol–water partition coefficient (Wildman–Crippen LogP) is 6.34. The van der Waals surface area contributed by atoms with Crippen LogP contribution in [0.1, 0.15) is 22.3 Å². The Bertz CT molecular complexity index is 1410. The normalized spacial score (nSPS) is 11.3. The van der Waals surface area contributed by atoms with Crippen LogP contribution in [0.15, 0.2) is 73.3 Å². The highest BCUT2D eigenvalue weighted by Gasteiger charge is 2.23. The van der Waals surface area contributed by atoms with Crippen LogP contribution >= 0.6 is 22.9 Å². The number of carbonyl (C=O) groups excluding carboxylic acids is 1. The Morgan fingerprint density at radius 3 is 2.81 bits per heavy atom. The third-order valence-corrected chi connectivity index (χ3v) is 7.04. The summed E-state index contributed by atoms with van der Waals surface area (Å²) in [4.78, 5) is 24.6. The van der Waals surface area contributed by atoms with E-state index in [1.54, 1.807) is 17.4 Å². The molecule has 3 aromatic carbocycles. The van der Waals surface area contributed by atoms with Gasteiger partial charge in [-0.15, -0.1) is 0 Å². The van der Waals surface area contributed by atoms with E-state index < -0.39 is 0 Å². The second-order valence-electron chi connectivity index (χ2n) is 7.65. The van der Waals surface area contributed by atoms with Gasteiger partial charge in [-0.2, -0.15) is 0 Å². The van der Waals surface area contributed by atoms with Gasteiger partial charge in [0.05, 0.1) is 16.5 Å². The van der Waals surface area contributed by atoms with E-state index in [9.17, 15) is 4.79 Å². The number of halogens is 1. The molecule has 160 valence electrons. The second kappa shape index (κ2) is 8.73. The van der Waals surface area contributed by atoms with Gasteiger partial charge in [-0.05, 0) is 47.9 Å². The number of hydrogen-bond acceptors (Lipinski definition) is 4. The summed E-state index contributed by atoms with van der Waals surface area (Å²) in [5, 5.41) is 3.36. The van der Waals surface area contributed by atoms with Gasteiger partial charge in [-0.25, -0.2) is 9.97 Å². The van der Waals surface area contributed by atoms with Gasteiger partial charge in [0.1, 0.15) is 0 Å². The van der Waals surface area contributed by atoms with Crippen LogP contribution in [0.25, 0.3) is 21.0 Å². The maximum absolute atomic E-state index is 13.8. The third-order valence-electron chi connectivity index (χ3n) is 5.59. The lowest BCUT2D eigenvalue weighted by Gasteiger charge is -2.21. The molecule has 7 heteroatoms. The molecule has 0 aliphatic carbocycles. The number of imidazole rings is 1. The zero-order valence-electron chi connectivity index (χ0n) is 17.5. The highest BCUT2D eigenvalue weighted by molar-refractivity contribution is 7.22. The molecule has 2 aromatic heterocycles. The van der Waals surface area contributed by atoms with E-state index >= 15 is 0 Å². The SMILES string of the molecule is Cc1c(Cl)ccc2sc(N(CCCn3ccnc3)C(=O)c3cccc4ccccc34)nc12. The van der Waals surface area contributed by atoms with Crippen molar-refractivity contribution >= 4 is 55.0 Å². The number of amides is 1. The van der Waals surface area contributed by atoms with Crippen LogP contribution in [0, 0.1) is 6.92 Å². The number of carbonyl (C=O) groups is 1. The number of rotatable bonds is 6. The number of fused-ring (bicyclic) bond motifs is 2. The Morgan fingerprint density at radius 1 is 1.12 bits per heavy atom. The fraction of sp³-hybridized carbons (Fsp3) is 0.160. The molecule has 0 unspecified atom stereocenters. The minimum absolute atomic E-state index is 0.0461. The lowest BCUT2D eigenvalue weighted by Crippen LogP contribution is -2.32.